The van der Waals surface area contributed by atoms with E-state index < -0.39 is 11.9 Å². The summed E-state index contributed by atoms with van der Waals surface area (Å²) in [6.45, 7) is 5.62. The lowest BCUT2D eigenvalue weighted by Crippen LogP contribution is -2.49. The zero-order valence-electron chi connectivity index (χ0n) is 14.0. The summed E-state index contributed by atoms with van der Waals surface area (Å²) in [5.74, 6) is -1.38. The molecular formula is C18H24N2O4. The highest BCUT2D eigenvalue weighted by molar-refractivity contribution is 5.95. The molecule has 0 aliphatic carbocycles. The molecule has 0 unspecified atom stereocenters. The van der Waals surface area contributed by atoms with Crippen molar-refractivity contribution in [1.29, 1.82) is 0 Å². The van der Waals surface area contributed by atoms with E-state index in [1.54, 1.807) is 4.90 Å². The smallest absolute Gasteiger partial charge is 0.308 e. The van der Waals surface area contributed by atoms with Crippen LogP contribution in [-0.2, 0) is 9.53 Å². The molecule has 130 valence electrons. The van der Waals surface area contributed by atoms with Gasteiger partial charge in [-0.05, 0) is 44.0 Å². The fourth-order valence-corrected chi connectivity index (χ4v) is 3.56. The molecule has 6 nitrogen and oxygen atoms in total. The van der Waals surface area contributed by atoms with Crippen LogP contribution in [0.2, 0.25) is 0 Å². The molecule has 3 rings (SSSR count). The van der Waals surface area contributed by atoms with Crippen molar-refractivity contribution in [2.75, 3.05) is 37.7 Å². The first-order valence-electron chi connectivity index (χ1n) is 8.54. The fourth-order valence-electron chi connectivity index (χ4n) is 3.56. The molecule has 2 atom stereocenters. The number of hydrogen-bond donors (Lipinski definition) is 1. The minimum atomic E-state index is -0.817. The molecule has 0 bridgehead atoms. The Kier molecular flexibility index (Phi) is 5.04. The van der Waals surface area contributed by atoms with E-state index in [1.165, 1.54) is 0 Å². The molecule has 2 fully saturated rings. The number of benzene rings is 1. The van der Waals surface area contributed by atoms with Gasteiger partial charge in [0, 0.05) is 36.9 Å². The van der Waals surface area contributed by atoms with Crippen LogP contribution in [0.4, 0.5) is 5.69 Å². The first-order chi connectivity index (χ1) is 11.6. The molecule has 2 heterocycles. The number of carbonyl (C=O) groups is 2. The minimum absolute atomic E-state index is 0.0815. The summed E-state index contributed by atoms with van der Waals surface area (Å²) < 4.78 is 5.35. The zero-order valence-corrected chi connectivity index (χ0v) is 14.0. The Hall–Kier alpha value is -2.08. The van der Waals surface area contributed by atoms with Crippen molar-refractivity contribution in [2.24, 2.45) is 5.92 Å². The van der Waals surface area contributed by atoms with E-state index >= 15 is 0 Å². The van der Waals surface area contributed by atoms with E-state index in [2.05, 4.69) is 4.90 Å². The second kappa shape index (κ2) is 7.21. The third kappa shape index (κ3) is 3.38. The molecule has 0 radical (unpaired) electrons. The topological polar surface area (TPSA) is 70.1 Å². The van der Waals surface area contributed by atoms with Crippen molar-refractivity contribution in [3.05, 3.63) is 29.8 Å². The van der Waals surface area contributed by atoms with E-state index in [0.29, 0.717) is 18.5 Å². The van der Waals surface area contributed by atoms with Crippen molar-refractivity contribution in [3.8, 4) is 0 Å². The van der Waals surface area contributed by atoms with Gasteiger partial charge in [-0.1, -0.05) is 0 Å². The first kappa shape index (κ1) is 16.8. The van der Waals surface area contributed by atoms with Crippen LogP contribution in [0, 0.1) is 5.92 Å². The number of carboxylic acid groups (broad SMARTS) is 1. The van der Waals surface area contributed by atoms with Crippen LogP contribution in [0.1, 0.15) is 30.1 Å². The Morgan fingerprint density at radius 1 is 1.12 bits per heavy atom. The van der Waals surface area contributed by atoms with Crippen LogP contribution in [0.25, 0.3) is 0 Å². The van der Waals surface area contributed by atoms with Crippen LogP contribution in [0.3, 0.4) is 0 Å². The van der Waals surface area contributed by atoms with Crippen molar-refractivity contribution in [1.82, 2.24) is 4.90 Å². The highest BCUT2D eigenvalue weighted by atomic mass is 16.5. The van der Waals surface area contributed by atoms with Crippen LogP contribution < -0.4 is 4.90 Å². The summed E-state index contributed by atoms with van der Waals surface area (Å²) in [5.41, 5.74) is 1.70. The third-order valence-electron chi connectivity index (χ3n) is 5.06. The van der Waals surface area contributed by atoms with Gasteiger partial charge in [0.1, 0.15) is 0 Å². The summed E-state index contributed by atoms with van der Waals surface area (Å²) in [7, 11) is 0. The number of carbonyl (C=O) groups excluding carboxylic acids is 1. The normalized spacial score (nSPS) is 24.7. The molecule has 2 aliphatic rings. The Morgan fingerprint density at radius 2 is 1.79 bits per heavy atom. The predicted octanol–water partition coefficient (Wildman–Crippen LogP) is 1.85. The van der Waals surface area contributed by atoms with Crippen LogP contribution in [-0.4, -0.2) is 60.8 Å². The van der Waals surface area contributed by atoms with E-state index in [-0.39, 0.29) is 11.9 Å². The second-order valence-electron chi connectivity index (χ2n) is 6.47. The van der Waals surface area contributed by atoms with Crippen LogP contribution in [0.15, 0.2) is 24.3 Å². The minimum Gasteiger partial charge on any atom is -0.481 e. The molecule has 1 aromatic carbocycles. The maximum absolute atomic E-state index is 12.8. The van der Waals surface area contributed by atoms with Gasteiger partial charge >= 0.3 is 5.97 Å². The lowest BCUT2D eigenvalue weighted by molar-refractivity contribution is -0.144. The molecule has 0 saturated carbocycles. The Morgan fingerprint density at radius 3 is 2.42 bits per heavy atom. The van der Waals surface area contributed by atoms with E-state index in [4.69, 9.17) is 4.74 Å². The summed E-state index contributed by atoms with van der Waals surface area (Å²) in [5, 5.41) is 9.31. The van der Waals surface area contributed by atoms with Gasteiger partial charge in [-0.2, -0.15) is 0 Å². The standard InChI is InChI=1S/C18H24N2O4/c1-13-16(18(22)23)3-2-8-20(13)17(21)14-4-6-15(7-5-14)19-9-11-24-12-10-19/h4-7,13,16H,2-3,8-12H2,1H3,(H,22,23)/t13-,16-/m1/s1. The quantitative estimate of drug-likeness (QED) is 0.915. The van der Waals surface area contributed by atoms with Gasteiger partial charge in [0.25, 0.3) is 5.91 Å². The van der Waals surface area contributed by atoms with Gasteiger partial charge in [-0.15, -0.1) is 0 Å². The number of likely N-dealkylation sites (tertiary alicyclic amines) is 1. The SMILES string of the molecule is C[C@@H]1[C@H](C(=O)O)CCCN1C(=O)c1ccc(N2CCOCC2)cc1. The molecule has 0 spiro atoms. The number of ether oxygens (including phenoxy) is 1. The lowest BCUT2D eigenvalue weighted by Gasteiger charge is -2.37. The summed E-state index contributed by atoms with van der Waals surface area (Å²) in [6, 6.07) is 7.32. The summed E-state index contributed by atoms with van der Waals surface area (Å²) in [4.78, 5) is 28.0. The molecule has 1 aromatic rings. The van der Waals surface area contributed by atoms with Crippen molar-refractivity contribution >= 4 is 17.6 Å². The number of carboxylic acids is 1. The second-order valence-corrected chi connectivity index (χ2v) is 6.47. The van der Waals surface area contributed by atoms with E-state index in [1.807, 2.05) is 31.2 Å². The molecule has 24 heavy (non-hydrogen) atoms. The number of aliphatic carboxylic acids is 1. The van der Waals surface area contributed by atoms with Gasteiger partial charge in [0.2, 0.25) is 0 Å². The average Bonchev–Trinajstić information content (AvgIpc) is 2.62. The summed E-state index contributed by atoms with van der Waals surface area (Å²) in [6.07, 6.45) is 1.37. The molecule has 2 saturated heterocycles. The van der Waals surface area contributed by atoms with Gasteiger partial charge < -0.3 is 19.6 Å². The van der Waals surface area contributed by atoms with Crippen molar-refractivity contribution in [3.63, 3.8) is 0 Å². The maximum atomic E-state index is 12.8. The number of piperidine rings is 1. The Labute approximate surface area is 142 Å². The molecule has 1 amide bonds. The number of amides is 1. The Balaban J connectivity index is 1.71. The van der Waals surface area contributed by atoms with Crippen molar-refractivity contribution in [2.45, 2.75) is 25.8 Å². The van der Waals surface area contributed by atoms with E-state index in [0.717, 1.165) is 38.4 Å². The lowest BCUT2D eigenvalue weighted by atomic mass is 9.90. The van der Waals surface area contributed by atoms with Crippen molar-refractivity contribution < 1.29 is 19.4 Å². The van der Waals surface area contributed by atoms with Gasteiger partial charge in [-0.25, -0.2) is 0 Å². The highest BCUT2D eigenvalue weighted by Gasteiger charge is 2.35. The first-order valence-corrected chi connectivity index (χ1v) is 8.54. The summed E-state index contributed by atoms with van der Waals surface area (Å²) >= 11 is 0. The van der Waals surface area contributed by atoms with Gasteiger partial charge in [0.15, 0.2) is 0 Å². The fraction of sp³-hybridized carbons (Fsp3) is 0.556. The maximum Gasteiger partial charge on any atom is 0.308 e. The monoisotopic (exact) mass is 332 g/mol. The zero-order chi connectivity index (χ0) is 17.1. The van der Waals surface area contributed by atoms with Gasteiger partial charge in [-0.3, -0.25) is 9.59 Å². The molecule has 0 aromatic heterocycles. The van der Waals surface area contributed by atoms with E-state index in [9.17, 15) is 14.7 Å². The number of anilines is 1. The number of nitrogens with zero attached hydrogens (tertiary/aromatic N) is 2. The highest BCUT2D eigenvalue weighted by Crippen LogP contribution is 2.26. The average molecular weight is 332 g/mol. The molecular weight excluding hydrogens is 308 g/mol. The van der Waals surface area contributed by atoms with Gasteiger partial charge in [0.05, 0.1) is 19.1 Å². The van der Waals surface area contributed by atoms with Crippen LogP contribution in [0.5, 0.6) is 0 Å². The predicted molar refractivity (Wildman–Crippen MR) is 90.3 cm³/mol. The number of rotatable bonds is 3. The Bertz CT molecular complexity index is 596. The molecule has 2 aliphatic heterocycles. The number of hydrogen-bond acceptors (Lipinski definition) is 4. The largest absolute Gasteiger partial charge is 0.481 e. The number of morpholine rings is 1. The third-order valence-corrected chi connectivity index (χ3v) is 5.06. The van der Waals surface area contributed by atoms with Crippen LogP contribution >= 0.6 is 0 Å². The molecule has 6 heteroatoms. The molecule has 1 N–H and O–H groups in total.